The first-order chi connectivity index (χ1) is 9.84. The molecule has 2 heteroatoms. The number of rotatable bonds is 0. The van der Waals surface area contributed by atoms with Gasteiger partial charge in [-0.3, -0.25) is 4.79 Å². The van der Waals surface area contributed by atoms with Gasteiger partial charge in [-0.25, -0.2) is 0 Å². The minimum atomic E-state index is 0.270. The van der Waals surface area contributed by atoms with Gasteiger partial charge in [0.1, 0.15) is 0 Å². The fourth-order valence-corrected chi connectivity index (χ4v) is 3.61. The van der Waals surface area contributed by atoms with E-state index in [-0.39, 0.29) is 6.04 Å². The quantitative estimate of drug-likeness (QED) is 0.711. The maximum atomic E-state index is 12.1. The fourth-order valence-electron chi connectivity index (χ4n) is 3.61. The van der Waals surface area contributed by atoms with Crippen LogP contribution in [0.25, 0.3) is 11.1 Å². The summed E-state index contributed by atoms with van der Waals surface area (Å²) in [6, 6.07) is 17.4. The van der Waals surface area contributed by atoms with Crippen molar-refractivity contribution in [1.29, 1.82) is 0 Å². The third-order valence-electron chi connectivity index (χ3n) is 4.58. The smallest absolute Gasteiger partial charge is 0.223 e. The molecule has 0 bridgehead atoms. The molecule has 1 atom stereocenters. The molecule has 0 spiro atoms. The lowest BCUT2D eigenvalue weighted by Gasteiger charge is -2.30. The summed E-state index contributed by atoms with van der Waals surface area (Å²) in [7, 11) is 0. The second-order valence-corrected chi connectivity index (χ2v) is 5.64. The van der Waals surface area contributed by atoms with Crippen LogP contribution in [0.15, 0.2) is 48.5 Å². The molecule has 2 aliphatic heterocycles. The number of amides is 1. The third-order valence-corrected chi connectivity index (χ3v) is 4.58. The monoisotopic (exact) mass is 263 g/mol. The Labute approximate surface area is 119 Å². The Hall–Kier alpha value is -2.09. The Morgan fingerprint density at radius 2 is 1.65 bits per heavy atom. The Morgan fingerprint density at radius 3 is 2.55 bits per heavy atom. The van der Waals surface area contributed by atoms with Crippen LogP contribution in [0.4, 0.5) is 0 Å². The van der Waals surface area contributed by atoms with E-state index in [1.165, 1.54) is 22.3 Å². The molecular weight excluding hydrogens is 246 g/mol. The number of hydrogen-bond acceptors (Lipinski definition) is 1. The van der Waals surface area contributed by atoms with Crippen LogP contribution < -0.4 is 0 Å². The van der Waals surface area contributed by atoms with Gasteiger partial charge in [-0.1, -0.05) is 48.5 Å². The van der Waals surface area contributed by atoms with Gasteiger partial charge in [0.25, 0.3) is 0 Å². The van der Waals surface area contributed by atoms with Crippen LogP contribution in [0.3, 0.4) is 0 Å². The van der Waals surface area contributed by atoms with E-state index in [0.29, 0.717) is 12.3 Å². The van der Waals surface area contributed by atoms with Gasteiger partial charge in [0.15, 0.2) is 0 Å². The molecule has 0 aliphatic carbocycles. The molecule has 2 aromatic rings. The van der Waals surface area contributed by atoms with Gasteiger partial charge in [0.05, 0.1) is 6.04 Å². The van der Waals surface area contributed by atoms with Crippen molar-refractivity contribution >= 4 is 5.91 Å². The molecule has 0 saturated carbocycles. The van der Waals surface area contributed by atoms with Gasteiger partial charge in [-0.15, -0.1) is 0 Å². The largest absolute Gasteiger partial charge is 0.335 e. The highest BCUT2D eigenvalue weighted by atomic mass is 16.2. The van der Waals surface area contributed by atoms with Crippen LogP contribution in [0.2, 0.25) is 0 Å². The molecule has 2 aromatic carbocycles. The number of nitrogens with zero attached hydrogens (tertiary/aromatic N) is 1. The van der Waals surface area contributed by atoms with Gasteiger partial charge in [-0.2, -0.15) is 0 Å². The summed E-state index contributed by atoms with van der Waals surface area (Å²) in [5, 5.41) is 0. The van der Waals surface area contributed by atoms with Gasteiger partial charge in [-0.05, 0) is 35.1 Å². The first-order valence-electron chi connectivity index (χ1n) is 7.31. The van der Waals surface area contributed by atoms with Crippen molar-refractivity contribution in [1.82, 2.24) is 4.90 Å². The lowest BCUT2D eigenvalue weighted by molar-refractivity contribution is -0.129. The number of carbonyl (C=O) groups is 1. The molecule has 0 aromatic heterocycles. The highest BCUT2D eigenvalue weighted by Gasteiger charge is 2.34. The third kappa shape index (κ3) is 1.68. The zero-order valence-corrected chi connectivity index (χ0v) is 11.4. The van der Waals surface area contributed by atoms with Crippen LogP contribution in [-0.2, 0) is 11.2 Å². The van der Waals surface area contributed by atoms with Crippen molar-refractivity contribution in [2.24, 2.45) is 0 Å². The van der Waals surface area contributed by atoms with Crippen molar-refractivity contribution in [2.75, 3.05) is 6.54 Å². The molecule has 0 N–H and O–H groups in total. The van der Waals surface area contributed by atoms with Crippen molar-refractivity contribution < 1.29 is 4.79 Å². The van der Waals surface area contributed by atoms with Gasteiger partial charge in [0, 0.05) is 13.0 Å². The summed E-state index contributed by atoms with van der Waals surface area (Å²) in [5.41, 5.74) is 5.29. The van der Waals surface area contributed by atoms with Crippen LogP contribution >= 0.6 is 0 Å². The molecule has 2 aliphatic rings. The topological polar surface area (TPSA) is 20.3 Å². The minimum Gasteiger partial charge on any atom is -0.335 e. The lowest BCUT2D eigenvalue weighted by atomic mass is 9.88. The predicted molar refractivity (Wildman–Crippen MR) is 79.3 cm³/mol. The van der Waals surface area contributed by atoms with E-state index in [4.69, 9.17) is 0 Å². The maximum absolute atomic E-state index is 12.1. The van der Waals surface area contributed by atoms with E-state index in [1.54, 1.807) is 0 Å². The molecule has 2 heterocycles. The standard InChI is InChI=1S/C18H17NO/c20-18-10-9-17-16-8-4-3-7-15(16)14-6-2-1-5-13(14)11-12-19(17)18/h1-8,17H,9-12H2. The van der Waals surface area contributed by atoms with Crippen molar-refractivity contribution in [3.8, 4) is 11.1 Å². The minimum absolute atomic E-state index is 0.270. The average molecular weight is 263 g/mol. The molecule has 0 radical (unpaired) electrons. The van der Waals surface area contributed by atoms with Crippen LogP contribution in [0.1, 0.15) is 30.0 Å². The molecule has 1 fully saturated rings. The van der Waals surface area contributed by atoms with Gasteiger partial charge >= 0.3 is 0 Å². The van der Waals surface area contributed by atoms with E-state index < -0.39 is 0 Å². The SMILES string of the molecule is O=C1CCC2c3ccccc3-c3ccccc3CCN12. The van der Waals surface area contributed by atoms with Crippen LogP contribution in [0, 0.1) is 0 Å². The molecule has 4 rings (SSSR count). The van der Waals surface area contributed by atoms with Crippen molar-refractivity contribution in [2.45, 2.75) is 25.3 Å². The number of hydrogen-bond donors (Lipinski definition) is 0. The predicted octanol–water partition coefficient (Wildman–Crippen LogP) is 3.57. The molecule has 100 valence electrons. The summed E-state index contributed by atoms with van der Waals surface area (Å²) in [4.78, 5) is 14.2. The zero-order valence-electron chi connectivity index (χ0n) is 11.4. The summed E-state index contributed by atoms with van der Waals surface area (Å²) in [6.45, 7) is 0.842. The highest BCUT2D eigenvalue weighted by molar-refractivity contribution is 5.81. The Morgan fingerprint density at radius 1 is 0.900 bits per heavy atom. The average Bonchev–Trinajstić information content (AvgIpc) is 2.84. The van der Waals surface area contributed by atoms with Crippen molar-refractivity contribution in [3.05, 3.63) is 59.7 Å². The first kappa shape index (κ1) is 11.7. The van der Waals surface area contributed by atoms with E-state index in [1.807, 2.05) is 0 Å². The van der Waals surface area contributed by atoms with E-state index in [9.17, 15) is 4.79 Å². The van der Waals surface area contributed by atoms with Crippen LogP contribution in [-0.4, -0.2) is 17.4 Å². The Bertz CT molecular complexity index is 677. The summed E-state index contributed by atoms with van der Waals surface area (Å²) >= 11 is 0. The molecule has 1 saturated heterocycles. The van der Waals surface area contributed by atoms with E-state index in [2.05, 4.69) is 53.4 Å². The maximum Gasteiger partial charge on any atom is 0.223 e. The van der Waals surface area contributed by atoms with Gasteiger partial charge < -0.3 is 4.90 Å². The molecule has 2 nitrogen and oxygen atoms in total. The van der Waals surface area contributed by atoms with Crippen LogP contribution in [0.5, 0.6) is 0 Å². The highest BCUT2D eigenvalue weighted by Crippen LogP contribution is 2.41. The number of benzene rings is 2. The lowest BCUT2D eigenvalue weighted by Crippen LogP contribution is -2.31. The normalized spacial score (nSPS) is 20.7. The summed E-state index contributed by atoms with van der Waals surface area (Å²) in [5.74, 6) is 0.309. The summed E-state index contributed by atoms with van der Waals surface area (Å²) < 4.78 is 0. The van der Waals surface area contributed by atoms with Crippen molar-refractivity contribution in [3.63, 3.8) is 0 Å². The number of fused-ring (bicyclic) bond motifs is 5. The zero-order chi connectivity index (χ0) is 13.5. The van der Waals surface area contributed by atoms with E-state index >= 15 is 0 Å². The molecular formula is C18H17NO. The molecule has 20 heavy (non-hydrogen) atoms. The second-order valence-electron chi connectivity index (χ2n) is 5.64. The Kier molecular flexibility index (Phi) is 2.62. The number of carbonyl (C=O) groups excluding carboxylic acids is 1. The van der Waals surface area contributed by atoms with Gasteiger partial charge in [0.2, 0.25) is 5.91 Å². The first-order valence-corrected chi connectivity index (χ1v) is 7.31. The summed E-state index contributed by atoms with van der Waals surface area (Å²) in [6.07, 6.45) is 2.60. The van der Waals surface area contributed by atoms with E-state index in [0.717, 1.165) is 19.4 Å². The molecule has 1 unspecified atom stereocenters. The molecule has 1 amide bonds. The second kappa shape index (κ2) is 4.48. The Balaban J connectivity index is 1.95. The fraction of sp³-hybridized carbons (Fsp3) is 0.278.